The van der Waals surface area contributed by atoms with Crippen LogP contribution in [0.4, 0.5) is 0 Å². The molecule has 0 aliphatic heterocycles. The second kappa shape index (κ2) is 4.61. The quantitative estimate of drug-likeness (QED) is 0.883. The van der Waals surface area contributed by atoms with Crippen molar-refractivity contribution in [1.82, 2.24) is 9.88 Å². The average Bonchev–Trinajstić information content (AvgIpc) is 3.42. The Balaban J connectivity index is 1.43. The minimum Gasteiger partial charge on any atom is -0.361 e. The van der Waals surface area contributed by atoms with Gasteiger partial charge in [-0.1, -0.05) is 12.1 Å². The molecular formula is C19H24N2. The predicted molar refractivity (Wildman–Crippen MR) is 86.5 cm³/mol. The molecule has 0 saturated heterocycles. The van der Waals surface area contributed by atoms with Gasteiger partial charge in [-0.3, -0.25) is 4.90 Å². The summed E-state index contributed by atoms with van der Waals surface area (Å²) in [4.78, 5) is 6.32. The third kappa shape index (κ3) is 2.30. The van der Waals surface area contributed by atoms with Crippen molar-refractivity contribution in [2.24, 2.45) is 11.8 Å². The molecule has 0 bridgehead atoms. The van der Waals surface area contributed by atoms with Gasteiger partial charge in [0.1, 0.15) is 0 Å². The second-order valence-corrected chi connectivity index (χ2v) is 7.56. The van der Waals surface area contributed by atoms with Gasteiger partial charge in [0, 0.05) is 36.2 Å². The maximum atomic E-state index is 3.47. The van der Waals surface area contributed by atoms with E-state index in [0.717, 1.165) is 17.9 Å². The Labute approximate surface area is 126 Å². The Morgan fingerprint density at radius 2 is 1.67 bits per heavy atom. The maximum Gasteiger partial charge on any atom is 0.0459 e. The molecule has 0 radical (unpaired) electrons. The fourth-order valence-corrected chi connectivity index (χ4v) is 4.14. The van der Waals surface area contributed by atoms with E-state index in [4.69, 9.17) is 0 Å². The molecule has 2 fully saturated rings. The lowest BCUT2D eigenvalue weighted by Crippen LogP contribution is -2.42. The van der Waals surface area contributed by atoms with Crippen LogP contribution in [0.3, 0.4) is 0 Å². The lowest BCUT2D eigenvalue weighted by molar-refractivity contribution is 0.175. The predicted octanol–water partition coefficient (Wildman–Crippen LogP) is 3.76. The van der Waals surface area contributed by atoms with Gasteiger partial charge in [-0.15, -0.1) is 0 Å². The van der Waals surface area contributed by atoms with Gasteiger partial charge in [-0.2, -0.15) is 0 Å². The minimum atomic E-state index is 0.736. The summed E-state index contributed by atoms with van der Waals surface area (Å²) in [5.41, 5.74) is 4.45. The Hall–Kier alpha value is -1.28. The monoisotopic (exact) mass is 280 g/mol. The van der Waals surface area contributed by atoms with Crippen molar-refractivity contribution in [2.45, 2.75) is 44.6 Å². The summed E-state index contributed by atoms with van der Waals surface area (Å²) in [5.74, 6) is 2.01. The largest absolute Gasteiger partial charge is 0.361 e. The van der Waals surface area contributed by atoms with Gasteiger partial charge in [0.05, 0.1) is 0 Å². The standard InChI is InChI=1S/C19H24N2/c1-2-15-8-17(9-16-10-20-18(3-1)19(15)16)21(11-13-4-5-13)12-14-6-7-14/h1-3,10,13-14,17,20H,4-9,11-12H2. The van der Waals surface area contributed by atoms with Crippen LogP contribution in [0.1, 0.15) is 36.8 Å². The molecule has 5 rings (SSSR count). The van der Waals surface area contributed by atoms with E-state index in [-0.39, 0.29) is 0 Å². The van der Waals surface area contributed by atoms with Crippen LogP contribution in [-0.2, 0) is 12.8 Å². The second-order valence-electron chi connectivity index (χ2n) is 7.56. The summed E-state index contributed by atoms with van der Waals surface area (Å²) in [7, 11) is 0. The Kier molecular flexibility index (Phi) is 2.69. The zero-order valence-electron chi connectivity index (χ0n) is 12.6. The number of aromatic amines is 1. The SMILES string of the molecule is c1cc2c3c(c[nH]c3c1)CC(N(CC1CC1)CC1CC1)C2. The molecule has 2 nitrogen and oxygen atoms in total. The molecule has 1 aromatic carbocycles. The number of nitrogens with one attached hydrogen (secondary N) is 1. The first kappa shape index (κ1) is 12.3. The third-order valence-corrected chi connectivity index (χ3v) is 5.68. The number of nitrogens with zero attached hydrogens (tertiary/aromatic N) is 1. The highest BCUT2D eigenvalue weighted by Gasteiger charge is 2.34. The van der Waals surface area contributed by atoms with Gasteiger partial charge in [0.25, 0.3) is 0 Å². The van der Waals surface area contributed by atoms with E-state index in [1.165, 1.54) is 62.5 Å². The van der Waals surface area contributed by atoms with Crippen LogP contribution < -0.4 is 0 Å². The topological polar surface area (TPSA) is 19.0 Å². The van der Waals surface area contributed by atoms with Gasteiger partial charge in [-0.05, 0) is 67.6 Å². The van der Waals surface area contributed by atoms with Crippen LogP contribution in [0.2, 0.25) is 0 Å². The summed E-state index contributed by atoms with van der Waals surface area (Å²) >= 11 is 0. The van der Waals surface area contributed by atoms with Crippen molar-refractivity contribution < 1.29 is 0 Å². The van der Waals surface area contributed by atoms with Crippen molar-refractivity contribution in [2.75, 3.05) is 13.1 Å². The minimum absolute atomic E-state index is 0.736. The molecule has 3 aliphatic rings. The molecule has 2 aromatic rings. The molecule has 2 saturated carbocycles. The molecular weight excluding hydrogens is 256 g/mol. The van der Waals surface area contributed by atoms with E-state index in [1.807, 2.05) is 0 Å². The van der Waals surface area contributed by atoms with Crippen LogP contribution in [0.15, 0.2) is 24.4 Å². The summed E-state index contributed by atoms with van der Waals surface area (Å²) in [6, 6.07) is 7.51. The van der Waals surface area contributed by atoms with E-state index >= 15 is 0 Å². The molecule has 110 valence electrons. The van der Waals surface area contributed by atoms with E-state index in [0.29, 0.717) is 0 Å². The van der Waals surface area contributed by atoms with Crippen molar-refractivity contribution in [1.29, 1.82) is 0 Å². The Morgan fingerprint density at radius 1 is 0.952 bits per heavy atom. The van der Waals surface area contributed by atoms with Crippen LogP contribution in [0.25, 0.3) is 10.9 Å². The number of H-pyrrole nitrogens is 1. The highest BCUT2D eigenvalue weighted by atomic mass is 15.2. The summed E-state index contributed by atoms with van der Waals surface area (Å²) in [5, 5.41) is 1.52. The van der Waals surface area contributed by atoms with E-state index in [2.05, 4.69) is 34.3 Å². The molecule has 1 aromatic heterocycles. The van der Waals surface area contributed by atoms with Crippen LogP contribution in [0.5, 0.6) is 0 Å². The highest BCUT2D eigenvalue weighted by molar-refractivity contribution is 5.87. The van der Waals surface area contributed by atoms with Gasteiger partial charge < -0.3 is 4.98 Å². The first-order valence-electron chi connectivity index (χ1n) is 8.69. The van der Waals surface area contributed by atoms with Crippen LogP contribution >= 0.6 is 0 Å². The third-order valence-electron chi connectivity index (χ3n) is 5.68. The molecule has 1 unspecified atom stereocenters. The highest BCUT2D eigenvalue weighted by Crippen LogP contribution is 2.37. The van der Waals surface area contributed by atoms with Crippen LogP contribution in [0, 0.1) is 11.8 Å². The lowest BCUT2D eigenvalue weighted by Gasteiger charge is -2.34. The summed E-state index contributed by atoms with van der Waals surface area (Å²) < 4.78 is 0. The van der Waals surface area contributed by atoms with Gasteiger partial charge in [0.2, 0.25) is 0 Å². The molecule has 0 amide bonds. The van der Waals surface area contributed by atoms with Crippen molar-refractivity contribution in [3.05, 3.63) is 35.5 Å². The zero-order valence-corrected chi connectivity index (χ0v) is 12.6. The van der Waals surface area contributed by atoms with Crippen LogP contribution in [-0.4, -0.2) is 29.0 Å². The van der Waals surface area contributed by atoms with Crippen molar-refractivity contribution in [3.63, 3.8) is 0 Å². The molecule has 1 N–H and O–H groups in total. The normalized spacial score (nSPS) is 24.9. The number of rotatable bonds is 5. The molecule has 0 spiro atoms. The maximum absolute atomic E-state index is 3.47. The van der Waals surface area contributed by atoms with E-state index in [1.54, 1.807) is 11.1 Å². The molecule has 21 heavy (non-hydrogen) atoms. The van der Waals surface area contributed by atoms with E-state index < -0.39 is 0 Å². The molecule has 1 heterocycles. The summed E-state index contributed by atoms with van der Waals surface area (Å²) in [6.45, 7) is 2.72. The molecule has 2 heteroatoms. The number of aromatic nitrogens is 1. The zero-order chi connectivity index (χ0) is 13.8. The first-order valence-corrected chi connectivity index (χ1v) is 8.69. The fourth-order valence-electron chi connectivity index (χ4n) is 4.14. The number of hydrogen-bond acceptors (Lipinski definition) is 1. The van der Waals surface area contributed by atoms with Gasteiger partial charge in [-0.25, -0.2) is 0 Å². The first-order chi connectivity index (χ1) is 10.4. The van der Waals surface area contributed by atoms with Gasteiger partial charge in [0.15, 0.2) is 0 Å². The number of hydrogen-bond donors (Lipinski definition) is 1. The summed E-state index contributed by atoms with van der Waals surface area (Å²) in [6.07, 6.45) is 10.6. The van der Waals surface area contributed by atoms with E-state index in [9.17, 15) is 0 Å². The fraction of sp³-hybridized carbons (Fsp3) is 0.579. The van der Waals surface area contributed by atoms with Gasteiger partial charge >= 0.3 is 0 Å². The average molecular weight is 280 g/mol. The Morgan fingerprint density at radius 3 is 2.38 bits per heavy atom. The number of benzene rings is 1. The van der Waals surface area contributed by atoms with Crippen molar-refractivity contribution in [3.8, 4) is 0 Å². The molecule has 3 aliphatic carbocycles. The lowest BCUT2D eigenvalue weighted by atomic mass is 9.88. The van der Waals surface area contributed by atoms with Crippen molar-refractivity contribution >= 4 is 10.9 Å². The Bertz CT molecular complexity index is 649. The smallest absolute Gasteiger partial charge is 0.0459 e. The molecule has 1 atom stereocenters.